The van der Waals surface area contributed by atoms with Gasteiger partial charge in [-0.15, -0.1) is 0 Å². The van der Waals surface area contributed by atoms with E-state index in [2.05, 4.69) is 5.32 Å². The van der Waals surface area contributed by atoms with E-state index in [-0.39, 0.29) is 24.0 Å². The van der Waals surface area contributed by atoms with Crippen molar-refractivity contribution in [2.45, 2.75) is 31.5 Å². The molecule has 35 heavy (non-hydrogen) atoms. The second kappa shape index (κ2) is 10.5. The third-order valence-electron chi connectivity index (χ3n) is 6.58. The lowest BCUT2D eigenvalue weighted by atomic mass is 9.96. The molecule has 2 heterocycles. The molecule has 3 amide bonds. The fourth-order valence-electron chi connectivity index (χ4n) is 4.71. The third kappa shape index (κ3) is 5.21. The molecule has 0 bridgehead atoms. The number of aryl methyl sites for hydroxylation is 1. The zero-order valence-corrected chi connectivity index (χ0v) is 20.0. The summed E-state index contributed by atoms with van der Waals surface area (Å²) in [4.78, 5) is 42.8. The predicted octanol–water partition coefficient (Wildman–Crippen LogP) is 2.37. The Balaban J connectivity index is 1.55. The summed E-state index contributed by atoms with van der Waals surface area (Å²) in [6, 6.07) is 11.8. The van der Waals surface area contributed by atoms with Gasteiger partial charge in [-0.2, -0.15) is 0 Å². The monoisotopic (exact) mass is 483 g/mol. The lowest BCUT2D eigenvalue weighted by Crippen LogP contribution is -2.60. The summed E-state index contributed by atoms with van der Waals surface area (Å²) >= 11 is 0. The van der Waals surface area contributed by atoms with E-state index in [4.69, 9.17) is 9.47 Å². The summed E-state index contributed by atoms with van der Waals surface area (Å²) in [7, 11) is 1.54. The number of likely N-dealkylation sites (tertiary alicyclic amines) is 1. The van der Waals surface area contributed by atoms with Crippen LogP contribution in [0.5, 0.6) is 0 Å². The molecule has 186 valence electrons. The van der Waals surface area contributed by atoms with Crippen molar-refractivity contribution in [1.29, 1.82) is 0 Å². The molecule has 0 aromatic heterocycles. The van der Waals surface area contributed by atoms with Crippen LogP contribution in [-0.4, -0.2) is 79.2 Å². The highest BCUT2D eigenvalue weighted by atomic mass is 19.1. The molecule has 1 N–H and O–H groups in total. The Kier molecular flexibility index (Phi) is 7.47. The number of benzene rings is 2. The molecule has 2 aromatic carbocycles. The quantitative estimate of drug-likeness (QED) is 0.638. The Hall–Kier alpha value is -3.30. The van der Waals surface area contributed by atoms with Crippen LogP contribution in [0.3, 0.4) is 0 Å². The number of nitrogens with zero attached hydrogens (tertiary/aromatic N) is 2. The summed E-state index contributed by atoms with van der Waals surface area (Å²) in [5.74, 6) is -1.28. The number of rotatable bonds is 6. The molecule has 1 unspecified atom stereocenters. The zero-order chi connectivity index (χ0) is 25.0. The Labute approximate surface area is 204 Å². The highest BCUT2D eigenvalue weighted by molar-refractivity contribution is 5.98. The minimum atomic E-state index is -1.03. The topological polar surface area (TPSA) is 88.2 Å². The molecule has 2 aliphatic rings. The van der Waals surface area contributed by atoms with E-state index in [9.17, 15) is 18.8 Å². The van der Waals surface area contributed by atoms with Crippen LogP contribution < -0.4 is 5.32 Å². The highest BCUT2D eigenvalue weighted by Gasteiger charge is 2.54. The first-order valence-corrected chi connectivity index (χ1v) is 11.7. The van der Waals surface area contributed by atoms with Gasteiger partial charge in [0.1, 0.15) is 17.6 Å². The lowest BCUT2D eigenvalue weighted by molar-refractivity contribution is -0.128. The summed E-state index contributed by atoms with van der Waals surface area (Å²) in [6.45, 7) is 3.36. The first-order valence-electron chi connectivity index (χ1n) is 11.7. The van der Waals surface area contributed by atoms with Crippen LogP contribution in [-0.2, 0) is 14.3 Å². The van der Waals surface area contributed by atoms with Crippen molar-refractivity contribution in [2.75, 3.05) is 40.0 Å². The highest BCUT2D eigenvalue weighted by Crippen LogP contribution is 2.38. The van der Waals surface area contributed by atoms with E-state index < -0.39 is 23.5 Å². The summed E-state index contributed by atoms with van der Waals surface area (Å²) in [5, 5.41) is 2.78. The van der Waals surface area contributed by atoms with E-state index in [1.165, 1.54) is 36.3 Å². The zero-order valence-electron chi connectivity index (χ0n) is 20.0. The number of hydrogen-bond donors (Lipinski definition) is 1. The first-order chi connectivity index (χ1) is 16.8. The average molecular weight is 484 g/mol. The maximum atomic E-state index is 13.6. The van der Waals surface area contributed by atoms with Crippen LogP contribution in [0.25, 0.3) is 0 Å². The second-order valence-corrected chi connectivity index (χ2v) is 8.90. The smallest absolute Gasteiger partial charge is 0.256 e. The summed E-state index contributed by atoms with van der Waals surface area (Å²) < 4.78 is 24.6. The van der Waals surface area contributed by atoms with Crippen LogP contribution >= 0.6 is 0 Å². The molecule has 1 atom stereocenters. The lowest BCUT2D eigenvalue weighted by Gasteiger charge is -2.44. The number of methoxy groups -OCH3 is 1. The van der Waals surface area contributed by atoms with Crippen LogP contribution in [0.1, 0.15) is 39.1 Å². The fourth-order valence-corrected chi connectivity index (χ4v) is 4.71. The van der Waals surface area contributed by atoms with Crippen molar-refractivity contribution in [3.63, 3.8) is 0 Å². The number of carbonyl (C=O) groups is 3. The van der Waals surface area contributed by atoms with Gasteiger partial charge in [0.2, 0.25) is 5.91 Å². The standard InChI is InChI=1S/C26H30FN3O5/c1-18-4-3-5-20(16-18)24(32)29-13-10-26(11-14-29)30(25(33)19-6-8-21(27)9-7-19)22(17-35-26)23(31)28-12-15-34-2/h3-9,16,22H,10-15,17H2,1-2H3,(H,28,31). The third-order valence-corrected chi connectivity index (χ3v) is 6.58. The van der Waals surface area contributed by atoms with E-state index in [0.717, 1.165) is 5.56 Å². The van der Waals surface area contributed by atoms with Gasteiger partial charge in [0, 0.05) is 50.7 Å². The number of piperidine rings is 1. The molecule has 0 saturated carbocycles. The molecule has 2 aromatic rings. The molecule has 0 radical (unpaired) electrons. The van der Waals surface area contributed by atoms with Crippen molar-refractivity contribution in [1.82, 2.24) is 15.1 Å². The Bertz CT molecular complexity index is 1080. The van der Waals surface area contributed by atoms with Gasteiger partial charge in [-0.1, -0.05) is 17.7 Å². The first kappa shape index (κ1) is 24.8. The van der Waals surface area contributed by atoms with Gasteiger partial charge in [-0.05, 0) is 43.3 Å². The minimum absolute atomic E-state index is 0.0393. The van der Waals surface area contributed by atoms with Gasteiger partial charge in [-0.25, -0.2) is 4.39 Å². The molecule has 9 heteroatoms. The van der Waals surface area contributed by atoms with Gasteiger partial charge in [-0.3, -0.25) is 19.3 Å². The maximum absolute atomic E-state index is 13.6. The molecule has 8 nitrogen and oxygen atoms in total. The molecule has 2 fully saturated rings. The Morgan fingerprint density at radius 2 is 1.80 bits per heavy atom. The number of nitrogens with one attached hydrogen (secondary N) is 1. The summed E-state index contributed by atoms with van der Waals surface area (Å²) in [5.41, 5.74) is 0.854. The second-order valence-electron chi connectivity index (χ2n) is 8.90. The number of amides is 3. The number of ether oxygens (including phenoxy) is 2. The molecular weight excluding hydrogens is 453 g/mol. The molecule has 2 saturated heterocycles. The molecule has 1 spiro atoms. The van der Waals surface area contributed by atoms with Crippen LogP contribution in [0.2, 0.25) is 0 Å². The van der Waals surface area contributed by atoms with Gasteiger partial charge in [0.15, 0.2) is 0 Å². The Morgan fingerprint density at radius 1 is 1.09 bits per heavy atom. The van der Waals surface area contributed by atoms with Crippen molar-refractivity contribution >= 4 is 17.7 Å². The Morgan fingerprint density at radius 3 is 2.46 bits per heavy atom. The SMILES string of the molecule is COCCNC(=O)C1COC2(CCN(C(=O)c3cccc(C)c3)CC2)N1C(=O)c1ccc(F)cc1. The van der Waals surface area contributed by atoms with Crippen LogP contribution in [0, 0.1) is 12.7 Å². The summed E-state index contributed by atoms with van der Waals surface area (Å²) in [6.07, 6.45) is 0.721. The largest absolute Gasteiger partial charge is 0.383 e. The number of carbonyl (C=O) groups excluding carboxylic acids is 3. The molecule has 0 aliphatic carbocycles. The fraction of sp³-hybridized carbons (Fsp3) is 0.423. The van der Waals surface area contributed by atoms with Crippen LogP contribution in [0.4, 0.5) is 4.39 Å². The molecular formula is C26H30FN3O5. The van der Waals surface area contributed by atoms with E-state index in [1.807, 2.05) is 25.1 Å². The minimum Gasteiger partial charge on any atom is -0.383 e. The average Bonchev–Trinajstić information content (AvgIpc) is 3.22. The van der Waals surface area contributed by atoms with Gasteiger partial charge in [0.05, 0.1) is 13.2 Å². The molecule has 2 aliphatic heterocycles. The van der Waals surface area contributed by atoms with E-state index in [1.54, 1.807) is 11.0 Å². The molecule has 4 rings (SSSR count). The van der Waals surface area contributed by atoms with Crippen molar-refractivity contribution in [3.05, 3.63) is 71.0 Å². The van der Waals surface area contributed by atoms with Crippen molar-refractivity contribution < 1.29 is 28.2 Å². The van der Waals surface area contributed by atoms with Crippen LogP contribution in [0.15, 0.2) is 48.5 Å². The van der Waals surface area contributed by atoms with Gasteiger partial charge in [0.25, 0.3) is 11.8 Å². The maximum Gasteiger partial charge on any atom is 0.256 e. The van der Waals surface area contributed by atoms with Crippen molar-refractivity contribution in [3.8, 4) is 0 Å². The van der Waals surface area contributed by atoms with Gasteiger partial charge >= 0.3 is 0 Å². The normalized spacial score (nSPS) is 19.1. The van der Waals surface area contributed by atoms with E-state index >= 15 is 0 Å². The predicted molar refractivity (Wildman–Crippen MR) is 126 cm³/mol. The van der Waals surface area contributed by atoms with Crippen molar-refractivity contribution in [2.24, 2.45) is 0 Å². The van der Waals surface area contributed by atoms with Gasteiger partial charge < -0.3 is 19.7 Å². The number of halogens is 1. The number of hydrogen-bond acceptors (Lipinski definition) is 5. The van der Waals surface area contributed by atoms with E-state index in [0.29, 0.717) is 44.6 Å².